The van der Waals surface area contributed by atoms with Gasteiger partial charge in [0.15, 0.2) is 0 Å². The molecule has 1 aliphatic heterocycles. The van der Waals surface area contributed by atoms with Gasteiger partial charge in [-0.1, -0.05) is 0 Å². The molecule has 17 heavy (non-hydrogen) atoms. The first-order valence-corrected chi connectivity index (χ1v) is 9.07. The molecule has 0 spiro atoms. The van der Waals surface area contributed by atoms with Crippen LogP contribution < -0.4 is 0 Å². The molecule has 0 radical (unpaired) electrons. The van der Waals surface area contributed by atoms with Crippen LogP contribution in [0.5, 0.6) is 0 Å². The number of hydrogen-bond donors (Lipinski definition) is 0. The summed E-state index contributed by atoms with van der Waals surface area (Å²) in [6, 6.07) is 8.80. The van der Waals surface area contributed by atoms with Gasteiger partial charge in [-0.05, 0) is 0 Å². The second-order valence-electron chi connectivity index (χ2n) is 3.95. The maximum absolute atomic E-state index is 2.42. The van der Waals surface area contributed by atoms with Gasteiger partial charge >= 0.3 is 116 Å². The quantitative estimate of drug-likeness (QED) is 0.711. The summed E-state index contributed by atoms with van der Waals surface area (Å²) in [5.74, 6) is 0. The van der Waals surface area contributed by atoms with Crippen LogP contribution in [0.3, 0.4) is 0 Å². The van der Waals surface area contributed by atoms with Crippen LogP contribution in [-0.2, 0) is 0 Å². The summed E-state index contributed by atoms with van der Waals surface area (Å²) >= 11 is 4.26. The fourth-order valence-electron chi connectivity index (χ4n) is 1.84. The van der Waals surface area contributed by atoms with Gasteiger partial charge < -0.3 is 0 Å². The summed E-state index contributed by atoms with van der Waals surface area (Å²) in [5, 5.41) is 4.35. The molecule has 86 valence electrons. The van der Waals surface area contributed by atoms with Gasteiger partial charge in [-0.15, -0.1) is 0 Å². The van der Waals surface area contributed by atoms with Crippen LogP contribution >= 0.6 is 22.7 Å². The van der Waals surface area contributed by atoms with Crippen molar-refractivity contribution in [3.63, 3.8) is 0 Å². The maximum atomic E-state index is 2.42. The third kappa shape index (κ3) is 2.48. The van der Waals surface area contributed by atoms with E-state index in [0.29, 0.717) is 19.8 Å². The number of hydrogen-bond acceptors (Lipinski definition) is 2. The molecule has 0 aliphatic carbocycles. The fourth-order valence-corrected chi connectivity index (χ4v) is 6.80. The number of rotatable bonds is 2. The summed E-state index contributed by atoms with van der Waals surface area (Å²) in [5.41, 5.74) is 1.40. The Bertz CT molecular complexity index is 547. The molecule has 3 heteroatoms. The minimum absolute atomic E-state index is 0.523. The first-order valence-electron chi connectivity index (χ1n) is 5.47. The van der Waals surface area contributed by atoms with Gasteiger partial charge in [0.25, 0.3) is 0 Å². The first-order chi connectivity index (χ1) is 8.33. The second-order valence-corrected chi connectivity index (χ2v) is 8.36. The Hall–Kier alpha value is -0.601. The van der Waals surface area contributed by atoms with Crippen LogP contribution in [-0.4, -0.2) is 15.0 Å². The van der Waals surface area contributed by atoms with Crippen LogP contribution in [0.25, 0.3) is 4.47 Å². The summed E-state index contributed by atoms with van der Waals surface area (Å²) < 4.78 is 1.55. The minimum atomic E-state index is 0.523. The molecule has 0 saturated heterocycles. The zero-order valence-corrected chi connectivity index (χ0v) is 12.8. The molecule has 2 aromatic rings. The molecule has 3 heterocycles. The monoisotopic (exact) mass is 324 g/mol. The van der Waals surface area contributed by atoms with E-state index in [1.807, 2.05) is 22.7 Å². The normalized spacial score (nSPS) is 19.9. The van der Waals surface area contributed by atoms with Crippen LogP contribution in [0.2, 0.25) is 0 Å². The van der Waals surface area contributed by atoms with E-state index in [1.165, 1.54) is 15.3 Å². The molecule has 3 rings (SSSR count). The van der Waals surface area contributed by atoms with E-state index >= 15 is 0 Å². The van der Waals surface area contributed by atoms with Gasteiger partial charge in [0.05, 0.1) is 0 Å². The Labute approximate surface area is 116 Å². The molecule has 2 aromatic heterocycles. The third-order valence-corrected chi connectivity index (χ3v) is 7.69. The van der Waals surface area contributed by atoms with Crippen LogP contribution in [0.15, 0.2) is 52.8 Å². The second kappa shape index (κ2) is 4.95. The van der Waals surface area contributed by atoms with Gasteiger partial charge in [0.2, 0.25) is 0 Å². The van der Waals surface area contributed by atoms with E-state index in [1.54, 1.807) is 4.47 Å². The molecule has 1 unspecified atom stereocenters. The summed E-state index contributed by atoms with van der Waals surface area (Å²) in [4.78, 5) is 3.58. The number of allylic oxidation sites excluding steroid dienone is 3. The van der Waals surface area contributed by atoms with Crippen molar-refractivity contribution in [2.24, 2.45) is 0 Å². The van der Waals surface area contributed by atoms with Crippen molar-refractivity contribution < 1.29 is 0 Å². The van der Waals surface area contributed by atoms with Gasteiger partial charge in [-0.25, -0.2) is 0 Å². The Morgan fingerprint density at radius 2 is 1.94 bits per heavy atom. The van der Waals surface area contributed by atoms with Crippen molar-refractivity contribution in [3.8, 4) is 0 Å². The molecular weight excluding hydrogens is 311 g/mol. The van der Waals surface area contributed by atoms with Crippen molar-refractivity contribution in [1.82, 2.24) is 0 Å². The zero-order chi connectivity index (χ0) is 11.7. The molecule has 0 N–H and O–H groups in total. The Kier molecular flexibility index (Phi) is 3.34. The molecule has 0 aromatic carbocycles. The van der Waals surface area contributed by atoms with Crippen molar-refractivity contribution in [2.75, 3.05) is 0 Å². The van der Waals surface area contributed by atoms with E-state index in [2.05, 4.69) is 54.1 Å². The summed E-state index contributed by atoms with van der Waals surface area (Å²) in [7, 11) is 0. The predicted molar refractivity (Wildman–Crippen MR) is 78.9 cm³/mol. The van der Waals surface area contributed by atoms with Gasteiger partial charge in [0, 0.05) is 0 Å². The SMILES string of the molecule is CC1=CC(c2cccs2)[Se]C(c2cccs2)=C1. The fraction of sp³-hybridized carbons (Fsp3) is 0.143. The Morgan fingerprint density at radius 1 is 1.12 bits per heavy atom. The molecule has 0 amide bonds. The van der Waals surface area contributed by atoms with Crippen LogP contribution in [0.1, 0.15) is 21.5 Å². The van der Waals surface area contributed by atoms with E-state index in [9.17, 15) is 0 Å². The van der Waals surface area contributed by atoms with Gasteiger partial charge in [0.1, 0.15) is 0 Å². The Morgan fingerprint density at radius 3 is 2.65 bits per heavy atom. The van der Waals surface area contributed by atoms with Crippen molar-refractivity contribution in [1.29, 1.82) is 0 Å². The molecule has 0 nitrogen and oxygen atoms in total. The van der Waals surface area contributed by atoms with Crippen molar-refractivity contribution in [2.45, 2.75) is 11.7 Å². The number of thiophene rings is 2. The van der Waals surface area contributed by atoms with E-state index in [4.69, 9.17) is 0 Å². The van der Waals surface area contributed by atoms with Crippen LogP contribution in [0.4, 0.5) is 0 Å². The van der Waals surface area contributed by atoms with Gasteiger partial charge in [-0.3, -0.25) is 0 Å². The third-order valence-electron chi connectivity index (χ3n) is 2.61. The van der Waals surface area contributed by atoms with Crippen LogP contribution in [0, 0.1) is 0 Å². The van der Waals surface area contributed by atoms with E-state index < -0.39 is 0 Å². The van der Waals surface area contributed by atoms with Crippen molar-refractivity contribution in [3.05, 3.63) is 62.5 Å². The summed E-state index contributed by atoms with van der Waals surface area (Å²) in [6.45, 7) is 2.21. The zero-order valence-electron chi connectivity index (χ0n) is 9.42. The van der Waals surface area contributed by atoms with E-state index in [-0.39, 0.29) is 0 Å². The molecule has 0 saturated carbocycles. The first kappa shape index (κ1) is 11.5. The molecule has 1 atom stereocenters. The average Bonchev–Trinajstić information content (AvgIpc) is 3.02. The predicted octanol–water partition coefficient (Wildman–Crippen LogP) is 4.56. The average molecular weight is 323 g/mol. The molecule has 1 aliphatic rings. The van der Waals surface area contributed by atoms with E-state index in [0.717, 1.165) is 0 Å². The standard InChI is InChI=1S/C14H12S2Se/c1-10-8-13(11-4-2-6-15-11)17-14(9-10)12-5-3-7-16-12/h2-9,13H,1H3. The topological polar surface area (TPSA) is 0 Å². The molecular formula is C14H12S2Se. The van der Waals surface area contributed by atoms with Gasteiger partial charge in [-0.2, -0.15) is 0 Å². The summed E-state index contributed by atoms with van der Waals surface area (Å²) in [6.07, 6.45) is 4.78. The van der Waals surface area contributed by atoms with Crippen molar-refractivity contribution >= 4 is 42.1 Å². The molecule has 0 fully saturated rings. The molecule has 0 bridgehead atoms. The Balaban J connectivity index is 1.92.